The largest absolute Gasteiger partial charge is 0.455 e. The lowest BCUT2D eigenvalue weighted by molar-refractivity contribution is 0.629. The van der Waals surface area contributed by atoms with Crippen molar-refractivity contribution in [2.24, 2.45) is 0 Å². The third-order valence-corrected chi connectivity index (χ3v) is 10.6. The van der Waals surface area contributed by atoms with Gasteiger partial charge in [0.1, 0.15) is 22.5 Å². The zero-order valence-corrected chi connectivity index (χ0v) is 28.1. The summed E-state index contributed by atoms with van der Waals surface area (Å²) in [6.07, 6.45) is 0. The summed E-state index contributed by atoms with van der Waals surface area (Å²) >= 11 is 0. The number of para-hydroxylation sites is 1. The molecule has 0 bridgehead atoms. The van der Waals surface area contributed by atoms with Crippen molar-refractivity contribution in [1.82, 2.24) is 0 Å². The number of hydrogen-bond donors (Lipinski definition) is 0. The molecule has 2 heteroatoms. The Hall–Kier alpha value is -6.90. The molecule has 0 saturated heterocycles. The maximum atomic E-state index is 6.91. The van der Waals surface area contributed by atoms with Gasteiger partial charge in [0.25, 0.3) is 0 Å². The first-order valence-electron chi connectivity index (χ1n) is 17.8. The Morgan fingerprint density at radius 1 is 0.288 bits per heavy atom. The van der Waals surface area contributed by atoms with Crippen LogP contribution in [0.15, 0.2) is 191 Å². The minimum atomic E-state index is 0.807. The molecule has 2 aromatic heterocycles. The molecule has 0 unspecified atom stereocenters. The van der Waals surface area contributed by atoms with Crippen molar-refractivity contribution in [3.63, 3.8) is 0 Å². The van der Waals surface area contributed by atoms with Gasteiger partial charge in [-0.1, -0.05) is 164 Å². The molecular formula is C50H30O2. The fraction of sp³-hybridized carbons (Fsp3) is 0. The molecule has 0 amide bonds. The first-order valence-corrected chi connectivity index (χ1v) is 17.8. The van der Waals surface area contributed by atoms with E-state index < -0.39 is 0 Å². The van der Waals surface area contributed by atoms with Crippen molar-refractivity contribution in [1.29, 1.82) is 0 Å². The van der Waals surface area contributed by atoms with Crippen LogP contribution in [0.25, 0.3) is 110 Å². The summed E-state index contributed by atoms with van der Waals surface area (Å²) in [6, 6.07) is 64.8. The number of benzene rings is 9. The van der Waals surface area contributed by atoms with Crippen molar-refractivity contribution in [2.75, 3.05) is 0 Å². The van der Waals surface area contributed by atoms with Crippen LogP contribution in [0.2, 0.25) is 0 Å². The maximum Gasteiger partial charge on any atom is 0.143 e. The standard InChI is InChI=1S/C50H30O2/c1-3-15-32(16-4-1)47-43-29-42-40-24-13-25-41(50(40)52-44(42)30-45(43)51-49(47)33-17-5-2-6-18-33)48-38-22-11-9-20-36(38)46(37-21-10-12-23-39(37)48)35-27-26-31-14-7-8-19-34(31)28-35/h1-30H. The normalized spacial score (nSPS) is 11.8. The van der Waals surface area contributed by atoms with Crippen LogP contribution >= 0.6 is 0 Å². The Morgan fingerprint density at radius 2 is 0.865 bits per heavy atom. The maximum absolute atomic E-state index is 6.91. The van der Waals surface area contributed by atoms with Gasteiger partial charge in [-0.2, -0.15) is 0 Å². The summed E-state index contributed by atoms with van der Waals surface area (Å²) < 4.78 is 13.6. The zero-order valence-electron chi connectivity index (χ0n) is 28.1. The van der Waals surface area contributed by atoms with E-state index in [1.54, 1.807) is 0 Å². The summed E-state index contributed by atoms with van der Waals surface area (Å²) in [7, 11) is 0. The highest BCUT2D eigenvalue weighted by Crippen LogP contribution is 2.48. The van der Waals surface area contributed by atoms with Crippen molar-refractivity contribution in [3.8, 4) is 44.7 Å². The summed E-state index contributed by atoms with van der Waals surface area (Å²) in [5.74, 6) is 0.865. The van der Waals surface area contributed by atoms with Crippen LogP contribution in [-0.2, 0) is 0 Å². The fourth-order valence-corrected chi connectivity index (χ4v) is 8.34. The molecule has 242 valence electrons. The Bertz CT molecular complexity index is 3110. The quantitative estimate of drug-likeness (QED) is 0.175. The van der Waals surface area contributed by atoms with E-state index in [4.69, 9.17) is 8.83 Å². The van der Waals surface area contributed by atoms with Gasteiger partial charge in [-0.05, 0) is 61.1 Å². The summed E-state index contributed by atoms with van der Waals surface area (Å²) in [4.78, 5) is 0. The molecule has 0 radical (unpaired) electrons. The average Bonchev–Trinajstić information content (AvgIpc) is 3.77. The molecule has 0 saturated carbocycles. The van der Waals surface area contributed by atoms with E-state index in [9.17, 15) is 0 Å². The summed E-state index contributed by atoms with van der Waals surface area (Å²) in [6.45, 7) is 0. The second-order valence-electron chi connectivity index (χ2n) is 13.6. The predicted octanol–water partition coefficient (Wildman–Crippen LogP) is 14.5. The minimum Gasteiger partial charge on any atom is -0.455 e. The van der Waals surface area contributed by atoms with Gasteiger partial charge in [0, 0.05) is 44.5 Å². The summed E-state index contributed by atoms with van der Waals surface area (Å²) in [5.41, 5.74) is 10.5. The van der Waals surface area contributed by atoms with Crippen LogP contribution in [0.1, 0.15) is 0 Å². The monoisotopic (exact) mass is 662 g/mol. The van der Waals surface area contributed by atoms with Gasteiger partial charge in [0.2, 0.25) is 0 Å². The van der Waals surface area contributed by atoms with E-state index in [1.165, 1.54) is 49.0 Å². The molecule has 0 aliphatic heterocycles. The Morgan fingerprint density at radius 3 is 1.58 bits per heavy atom. The van der Waals surface area contributed by atoms with Gasteiger partial charge in [0.05, 0.1) is 0 Å². The molecule has 2 heterocycles. The number of rotatable bonds is 4. The Labute approximate surface area is 299 Å². The third-order valence-electron chi connectivity index (χ3n) is 10.6. The van der Waals surface area contributed by atoms with Crippen molar-refractivity contribution >= 4 is 65.2 Å². The second kappa shape index (κ2) is 11.3. The molecule has 0 N–H and O–H groups in total. The van der Waals surface area contributed by atoms with E-state index >= 15 is 0 Å². The van der Waals surface area contributed by atoms with Crippen LogP contribution in [-0.4, -0.2) is 0 Å². The third kappa shape index (κ3) is 4.31. The van der Waals surface area contributed by atoms with E-state index in [2.05, 4.69) is 176 Å². The zero-order chi connectivity index (χ0) is 34.2. The highest BCUT2D eigenvalue weighted by Gasteiger charge is 2.23. The van der Waals surface area contributed by atoms with E-state index in [1.807, 2.05) is 6.07 Å². The van der Waals surface area contributed by atoms with E-state index in [0.717, 1.165) is 60.9 Å². The van der Waals surface area contributed by atoms with Crippen LogP contribution in [0.3, 0.4) is 0 Å². The van der Waals surface area contributed by atoms with Crippen molar-refractivity contribution in [2.45, 2.75) is 0 Å². The molecule has 2 nitrogen and oxygen atoms in total. The van der Waals surface area contributed by atoms with Gasteiger partial charge in [-0.3, -0.25) is 0 Å². The van der Waals surface area contributed by atoms with Crippen LogP contribution in [0.5, 0.6) is 0 Å². The van der Waals surface area contributed by atoms with Gasteiger partial charge in [-0.25, -0.2) is 0 Å². The highest BCUT2D eigenvalue weighted by atomic mass is 16.3. The molecule has 0 spiro atoms. The van der Waals surface area contributed by atoms with Crippen LogP contribution < -0.4 is 0 Å². The van der Waals surface area contributed by atoms with Crippen molar-refractivity contribution in [3.05, 3.63) is 182 Å². The lowest BCUT2D eigenvalue weighted by Gasteiger charge is -2.18. The summed E-state index contributed by atoms with van der Waals surface area (Å²) in [5, 5.41) is 10.5. The number of fused-ring (bicyclic) bond motifs is 7. The highest BCUT2D eigenvalue weighted by molar-refractivity contribution is 6.25. The first kappa shape index (κ1) is 28.9. The fourth-order valence-electron chi connectivity index (χ4n) is 8.34. The lowest BCUT2D eigenvalue weighted by atomic mass is 9.85. The molecule has 0 aliphatic carbocycles. The number of furan rings is 2. The molecule has 11 rings (SSSR count). The molecule has 0 aliphatic rings. The minimum absolute atomic E-state index is 0.807. The van der Waals surface area contributed by atoms with Crippen molar-refractivity contribution < 1.29 is 8.83 Å². The van der Waals surface area contributed by atoms with Gasteiger partial charge in [-0.15, -0.1) is 0 Å². The molecular weight excluding hydrogens is 633 g/mol. The van der Waals surface area contributed by atoms with Gasteiger partial charge >= 0.3 is 0 Å². The SMILES string of the molecule is c1ccc(-c2oc3cc4oc5c(-c6c7ccccc7c(-c7ccc8ccccc8c7)c7ccccc67)cccc5c4cc3c2-c2ccccc2)cc1. The van der Waals surface area contributed by atoms with Crippen LogP contribution in [0, 0.1) is 0 Å². The predicted molar refractivity (Wildman–Crippen MR) is 218 cm³/mol. The Kier molecular flexibility index (Phi) is 6.28. The molecule has 0 fully saturated rings. The molecule has 11 aromatic rings. The smallest absolute Gasteiger partial charge is 0.143 e. The average molecular weight is 663 g/mol. The molecule has 0 atom stereocenters. The second-order valence-corrected chi connectivity index (χ2v) is 13.6. The van der Waals surface area contributed by atoms with E-state index in [-0.39, 0.29) is 0 Å². The van der Waals surface area contributed by atoms with Crippen LogP contribution in [0.4, 0.5) is 0 Å². The molecule has 9 aromatic carbocycles. The lowest BCUT2D eigenvalue weighted by Crippen LogP contribution is -1.91. The Balaban J connectivity index is 1.19. The van der Waals surface area contributed by atoms with Gasteiger partial charge in [0.15, 0.2) is 0 Å². The topological polar surface area (TPSA) is 26.3 Å². The first-order chi connectivity index (χ1) is 25.8. The number of hydrogen-bond acceptors (Lipinski definition) is 2. The van der Waals surface area contributed by atoms with Gasteiger partial charge < -0.3 is 8.83 Å². The van der Waals surface area contributed by atoms with E-state index in [0.29, 0.717) is 0 Å². The molecule has 52 heavy (non-hydrogen) atoms.